The molecular weight excluding hydrogens is 310 g/mol. The summed E-state index contributed by atoms with van der Waals surface area (Å²) in [4.78, 5) is 21.9. The summed E-state index contributed by atoms with van der Waals surface area (Å²) in [5.74, 6) is -2.25. The maximum atomic E-state index is 13.6. The molecule has 2 aromatic carbocycles. The van der Waals surface area contributed by atoms with E-state index in [0.717, 1.165) is 18.2 Å². The molecule has 0 aliphatic carbocycles. The van der Waals surface area contributed by atoms with Crippen molar-refractivity contribution >= 4 is 11.6 Å². The Kier molecular flexibility index (Phi) is 4.85. The van der Waals surface area contributed by atoms with Gasteiger partial charge in [-0.2, -0.15) is 0 Å². The first-order chi connectivity index (χ1) is 10.9. The number of nitrogens with zero attached hydrogens (tertiary/aromatic N) is 1. The quantitative estimate of drug-likeness (QED) is 0.678. The van der Waals surface area contributed by atoms with Gasteiger partial charge in [0.05, 0.1) is 17.6 Å². The van der Waals surface area contributed by atoms with Gasteiger partial charge in [0.1, 0.15) is 5.82 Å². The highest BCUT2D eigenvalue weighted by Gasteiger charge is 2.16. The Balaban J connectivity index is 2.12. The molecule has 0 bridgehead atoms. The number of ether oxygens (including phenoxy) is 1. The van der Waals surface area contributed by atoms with Crippen molar-refractivity contribution in [3.05, 3.63) is 69.3 Å². The number of benzene rings is 2. The second-order valence-electron chi connectivity index (χ2n) is 4.57. The fourth-order valence-electron chi connectivity index (χ4n) is 1.90. The van der Waals surface area contributed by atoms with Crippen molar-refractivity contribution in [1.29, 1.82) is 0 Å². The molecule has 0 aliphatic rings. The first kappa shape index (κ1) is 16.3. The first-order valence-electron chi connectivity index (χ1n) is 6.47. The lowest BCUT2D eigenvalue weighted by Gasteiger charge is -2.08. The predicted octanol–water partition coefficient (Wildman–Crippen LogP) is 2.81. The lowest BCUT2D eigenvalue weighted by atomic mass is 10.1. The fraction of sp³-hybridized carbons (Fsp3) is 0.133. The summed E-state index contributed by atoms with van der Waals surface area (Å²) in [6.45, 7) is -0.0676. The summed E-state index contributed by atoms with van der Waals surface area (Å²) in [6.07, 6.45) is 0. The number of halogens is 2. The molecule has 8 heteroatoms. The molecule has 0 saturated heterocycles. The number of amides is 1. The van der Waals surface area contributed by atoms with Crippen molar-refractivity contribution in [3.63, 3.8) is 0 Å². The number of hydrogen-bond donors (Lipinski definition) is 1. The van der Waals surface area contributed by atoms with E-state index in [0.29, 0.717) is 5.56 Å². The van der Waals surface area contributed by atoms with E-state index in [-0.39, 0.29) is 12.3 Å². The van der Waals surface area contributed by atoms with Gasteiger partial charge in [-0.1, -0.05) is 6.07 Å². The van der Waals surface area contributed by atoms with Gasteiger partial charge in [0.15, 0.2) is 11.6 Å². The number of nitro benzene ring substituents is 1. The highest BCUT2D eigenvalue weighted by atomic mass is 19.1. The van der Waals surface area contributed by atoms with Gasteiger partial charge in [-0.25, -0.2) is 8.78 Å². The zero-order valence-corrected chi connectivity index (χ0v) is 12.0. The molecule has 0 saturated carbocycles. The summed E-state index contributed by atoms with van der Waals surface area (Å²) >= 11 is 0. The Labute approximate surface area is 129 Å². The van der Waals surface area contributed by atoms with E-state index in [1.54, 1.807) is 0 Å². The molecule has 0 aliphatic heterocycles. The number of hydrogen-bond acceptors (Lipinski definition) is 4. The van der Waals surface area contributed by atoms with Crippen molar-refractivity contribution in [3.8, 4) is 5.75 Å². The lowest BCUT2D eigenvalue weighted by Crippen LogP contribution is -2.24. The third kappa shape index (κ3) is 3.79. The summed E-state index contributed by atoms with van der Waals surface area (Å²) in [7, 11) is 1.32. The monoisotopic (exact) mass is 322 g/mol. The van der Waals surface area contributed by atoms with Crippen molar-refractivity contribution in [2.45, 2.75) is 6.54 Å². The Bertz CT molecular complexity index is 765. The third-order valence-electron chi connectivity index (χ3n) is 3.07. The minimum atomic E-state index is -0.881. The molecule has 0 spiro atoms. The average molecular weight is 322 g/mol. The van der Waals surface area contributed by atoms with Crippen LogP contribution >= 0.6 is 0 Å². The zero-order valence-electron chi connectivity index (χ0n) is 12.0. The fourth-order valence-corrected chi connectivity index (χ4v) is 1.90. The van der Waals surface area contributed by atoms with Gasteiger partial charge in [-0.15, -0.1) is 0 Å². The highest BCUT2D eigenvalue weighted by Crippen LogP contribution is 2.19. The molecule has 2 rings (SSSR count). The molecule has 23 heavy (non-hydrogen) atoms. The van der Waals surface area contributed by atoms with Crippen LogP contribution in [-0.4, -0.2) is 17.9 Å². The van der Waals surface area contributed by atoms with Gasteiger partial charge in [0.25, 0.3) is 11.6 Å². The minimum Gasteiger partial charge on any atom is -0.494 e. The molecule has 1 N–H and O–H groups in total. The van der Waals surface area contributed by atoms with Crippen molar-refractivity contribution in [1.82, 2.24) is 5.32 Å². The van der Waals surface area contributed by atoms with Crippen LogP contribution in [0, 0.1) is 21.7 Å². The minimum absolute atomic E-state index is 0.0600. The molecule has 2 aromatic rings. The number of non-ortho nitro benzene ring substituents is 1. The van der Waals surface area contributed by atoms with Crippen LogP contribution in [0.2, 0.25) is 0 Å². The van der Waals surface area contributed by atoms with E-state index in [9.17, 15) is 23.7 Å². The number of carbonyl (C=O) groups is 1. The number of carbonyl (C=O) groups excluding carboxylic acids is 1. The van der Waals surface area contributed by atoms with E-state index in [1.165, 1.54) is 25.3 Å². The second-order valence-corrected chi connectivity index (χ2v) is 4.57. The summed E-state index contributed by atoms with van der Waals surface area (Å²) in [5, 5.41) is 13.0. The van der Waals surface area contributed by atoms with Crippen LogP contribution in [0.4, 0.5) is 14.5 Å². The third-order valence-corrected chi connectivity index (χ3v) is 3.07. The smallest absolute Gasteiger partial charge is 0.270 e. The van der Waals surface area contributed by atoms with Gasteiger partial charge < -0.3 is 10.1 Å². The summed E-state index contributed by atoms with van der Waals surface area (Å²) in [5.41, 5.74) is -0.414. The first-order valence-corrected chi connectivity index (χ1v) is 6.47. The lowest BCUT2D eigenvalue weighted by molar-refractivity contribution is -0.384. The Morgan fingerprint density at radius 2 is 1.96 bits per heavy atom. The van der Waals surface area contributed by atoms with Gasteiger partial charge >= 0.3 is 0 Å². The van der Waals surface area contributed by atoms with Crippen LogP contribution in [0.15, 0.2) is 36.4 Å². The van der Waals surface area contributed by atoms with E-state index in [2.05, 4.69) is 5.32 Å². The largest absolute Gasteiger partial charge is 0.494 e. The summed E-state index contributed by atoms with van der Waals surface area (Å²) < 4.78 is 31.9. The highest BCUT2D eigenvalue weighted by molar-refractivity contribution is 5.95. The molecule has 0 fully saturated rings. The maximum Gasteiger partial charge on any atom is 0.270 e. The van der Waals surface area contributed by atoms with E-state index in [1.807, 2.05) is 0 Å². The number of nitrogens with one attached hydrogen (secondary N) is 1. The second kappa shape index (κ2) is 6.82. The van der Waals surface area contributed by atoms with Crippen molar-refractivity contribution < 1.29 is 23.2 Å². The van der Waals surface area contributed by atoms with Crippen LogP contribution < -0.4 is 10.1 Å². The molecule has 0 unspecified atom stereocenters. The van der Waals surface area contributed by atoms with E-state index in [4.69, 9.17) is 4.74 Å². The van der Waals surface area contributed by atoms with Crippen LogP contribution in [0.25, 0.3) is 0 Å². The van der Waals surface area contributed by atoms with Crippen LogP contribution in [0.1, 0.15) is 15.9 Å². The van der Waals surface area contributed by atoms with E-state index >= 15 is 0 Å². The molecule has 120 valence electrons. The molecule has 0 atom stereocenters. The van der Waals surface area contributed by atoms with Crippen LogP contribution in [0.3, 0.4) is 0 Å². The SMILES string of the molecule is COc1ccc(CNC(=O)c2cc([N+](=O)[O-])ccc2F)cc1F. The van der Waals surface area contributed by atoms with Crippen molar-refractivity contribution in [2.24, 2.45) is 0 Å². The van der Waals surface area contributed by atoms with Gasteiger partial charge in [0.2, 0.25) is 0 Å². The Morgan fingerprint density at radius 3 is 2.57 bits per heavy atom. The Morgan fingerprint density at radius 1 is 1.22 bits per heavy atom. The number of rotatable bonds is 5. The molecule has 6 nitrogen and oxygen atoms in total. The number of nitro groups is 1. The van der Waals surface area contributed by atoms with Crippen LogP contribution in [-0.2, 0) is 6.54 Å². The van der Waals surface area contributed by atoms with Crippen molar-refractivity contribution in [2.75, 3.05) is 7.11 Å². The van der Waals surface area contributed by atoms with Crippen LogP contribution in [0.5, 0.6) is 5.75 Å². The van der Waals surface area contributed by atoms with Gasteiger partial charge in [-0.3, -0.25) is 14.9 Å². The van der Waals surface area contributed by atoms with E-state index < -0.39 is 33.7 Å². The molecule has 0 aromatic heterocycles. The number of methoxy groups -OCH3 is 1. The molecule has 0 radical (unpaired) electrons. The topological polar surface area (TPSA) is 81.5 Å². The summed E-state index contributed by atoms with van der Waals surface area (Å²) in [6, 6.07) is 6.75. The molecular formula is C15H12F2N2O4. The maximum absolute atomic E-state index is 13.6. The molecule has 0 heterocycles. The predicted molar refractivity (Wildman–Crippen MR) is 77.2 cm³/mol. The van der Waals surface area contributed by atoms with Gasteiger partial charge in [0, 0.05) is 18.7 Å². The normalized spacial score (nSPS) is 10.2. The average Bonchev–Trinajstić information content (AvgIpc) is 2.53. The Hall–Kier alpha value is -3.03. The van der Waals surface area contributed by atoms with Gasteiger partial charge in [-0.05, 0) is 23.8 Å². The zero-order chi connectivity index (χ0) is 17.0. The molecule has 1 amide bonds. The standard InChI is InChI=1S/C15H12F2N2O4/c1-23-14-5-2-9(6-13(14)17)8-18-15(20)11-7-10(19(21)22)3-4-12(11)16/h2-7H,8H2,1H3,(H,18,20).